The lowest BCUT2D eigenvalue weighted by molar-refractivity contribution is -0.116. The molecule has 1 aliphatic carbocycles. The summed E-state index contributed by atoms with van der Waals surface area (Å²) in [5.41, 5.74) is 6.64. The highest BCUT2D eigenvalue weighted by molar-refractivity contribution is 6.20. The van der Waals surface area contributed by atoms with Crippen LogP contribution in [0.4, 0.5) is 16.2 Å². The molecule has 0 radical (unpaired) electrons. The van der Waals surface area contributed by atoms with E-state index in [-0.39, 0.29) is 18.0 Å². The number of hydrogen-bond donors (Lipinski definition) is 2. The maximum Gasteiger partial charge on any atom is 0.335 e. The molecule has 3 N–H and O–H groups in total. The molecule has 1 fully saturated rings. The molecule has 7 nitrogen and oxygen atoms in total. The first kappa shape index (κ1) is 26.5. The van der Waals surface area contributed by atoms with E-state index in [1.165, 1.54) is 32.4 Å². The molecule has 0 atom stereocenters. The quantitative estimate of drug-likeness (QED) is 0.538. The highest BCUT2D eigenvalue weighted by Gasteiger charge is 2.33. The van der Waals surface area contributed by atoms with Crippen molar-refractivity contribution in [1.82, 2.24) is 0 Å². The normalized spacial score (nSPS) is 14.4. The smallest absolute Gasteiger partial charge is 0.335 e. The number of imide groups is 1. The van der Waals surface area contributed by atoms with E-state index in [0.29, 0.717) is 29.5 Å². The first-order valence-electron chi connectivity index (χ1n) is 12.5. The van der Waals surface area contributed by atoms with Crippen LogP contribution in [0, 0.1) is 5.92 Å². The molecular formula is C28H39N3O4. The Morgan fingerprint density at radius 2 is 1.74 bits per heavy atom. The molecular weight excluding hydrogens is 442 g/mol. The summed E-state index contributed by atoms with van der Waals surface area (Å²) in [6, 6.07) is 12.0. The van der Waals surface area contributed by atoms with Gasteiger partial charge in [0, 0.05) is 23.9 Å². The molecule has 190 valence electrons. The Kier molecular flexibility index (Phi) is 8.78. The van der Waals surface area contributed by atoms with Crippen molar-refractivity contribution in [1.29, 1.82) is 0 Å². The third-order valence-electron chi connectivity index (χ3n) is 6.75. The minimum atomic E-state index is -0.600. The summed E-state index contributed by atoms with van der Waals surface area (Å²) >= 11 is 0. The Hall–Kier alpha value is -3.06. The van der Waals surface area contributed by atoms with Gasteiger partial charge in [-0.15, -0.1) is 0 Å². The van der Waals surface area contributed by atoms with E-state index in [0.717, 1.165) is 24.2 Å². The first-order valence-corrected chi connectivity index (χ1v) is 12.5. The third-order valence-corrected chi connectivity index (χ3v) is 6.75. The number of rotatable bonds is 7. The summed E-state index contributed by atoms with van der Waals surface area (Å²) in [5.74, 6) is 0.267. The zero-order valence-electron chi connectivity index (χ0n) is 21.4. The van der Waals surface area contributed by atoms with E-state index in [2.05, 4.69) is 0 Å². The van der Waals surface area contributed by atoms with Gasteiger partial charge in [-0.2, -0.15) is 0 Å². The molecule has 3 amide bonds. The number of hydrogen-bond acceptors (Lipinski definition) is 5. The van der Waals surface area contributed by atoms with Crippen molar-refractivity contribution < 1.29 is 19.4 Å². The fourth-order valence-electron chi connectivity index (χ4n) is 4.74. The van der Waals surface area contributed by atoms with E-state index in [1.807, 2.05) is 51.1 Å². The number of methoxy groups -OCH3 is 1. The van der Waals surface area contributed by atoms with Crippen LogP contribution in [0.5, 0.6) is 11.5 Å². The Morgan fingerprint density at radius 1 is 1.09 bits per heavy atom. The number of amides is 3. The Labute approximate surface area is 208 Å². The molecule has 0 aliphatic heterocycles. The van der Waals surface area contributed by atoms with Crippen LogP contribution in [0.25, 0.3) is 0 Å². The van der Waals surface area contributed by atoms with Gasteiger partial charge >= 0.3 is 6.03 Å². The molecule has 3 rings (SSSR count). The standard InChI is InChI=1S/C28H39N3O4/c1-28(2,3)23-17-22(35-4)18-24(26(23)33)31(25(32)19-29)27(34)30(21-13-9-6-10-14-21)16-15-20-11-7-5-8-12-20/h6,9-10,13-14,17-18,20,33H,5,7-8,11-12,15-16,19,29H2,1-4H3. The maximum absolute atomic E-state index is 14.1. The van der Waals surface area contributed by atoms with Gasteiger partial charge in [-0.05, 0) is 36.0 Å². The highest BCUT2D eigenvalue weighted by atomic mass is 16.5. The number of nitrogens with two attached hydrogens (primary N) is 1. The third kappa shape index (κ3) is 6.34. The molecule has 1 aliphatic rings. The molecule has 35 heavy (non-hydrogen) atoms. The van der Waals surface area contributed by atoms with Gasteiger partial charge in [0.1, 0.15) is 11.5 Å². The Morgan fingerprint density at radius 3 is 2.31 bits per heavy atom. The maximum atomic E-state index is 14.1. The van der Waals surface area contributed by atoms with Crippen molar-refractivity contribution in [3.05, 3.63) is 48.0 Å². The second kappa shape index (κ2) is 11.6. The van der Waals surface area contributed by atoms with Crippen LogP contribution >= 0.6 is 0 Å². The van der Waals surface area contributed by atoms with Crippen LogP contribution in [0.15, 0.2) is 42.5 Å². The number of nitrogens with zero attached hydrogens (tertiary/aromatic N) is 2. The Balaban J connectivity index is 2.06. The number of anilines is 2. The van der Waals surface area contributed by atoms with Crippen molar-refractivity contribution in [2.45, 2.75) is 64.7 Å². The summed E-state index contributed by atoms with van der Waals surface area (Å²) in [7, 11) is 1.51. The van der Waals surface area contributed by atoms with E-state index in [4.69, 9.17) is 10.5 Å². The van der Waals surface area contributed by atoms with Gasteiger partial charge in [0.05, 0.1) is 19.3 Å². The minimum Gasteiger partial charge on any atom is -0.505 e. The van der Waals surface area contributed by atoms with E-state index < -0.39 is 17.4 Å². The lowest BCUT2D eigenvalue weighted by atomic mass is 9.85. The average Bonchev–Trinajstić information content (AvgIpc) is 2.85. The molecule has 2 aromatic rings. The summed E-state index contributed by atoms with van der Waals surface area (Å²) < 4.78 is 5.46. The fraction of sp³-hybridized carbons (Fsp3) is 0.500. The highest BCUT2D eigenvalue weighted by Crippen LogP contribution is 2.42. The van der Waals surface area contributed by atoms with Gasteiger partial charge in [0.25, 0.3) is 0 Å². The molecule has 0 saturated heterocycles. The molecule has 1 saturated carbocycles. The van der Waals surface area contributed by atoms with Gasteiger partial charge < -0.3 is 15.6 Å². The number of carbonyl (C=O) groups is 2. The zero-order valence-corrected chi connectivity index (χ0v) is 21.4. The summed E-state index contributed by atoms with van der Waals surface area (Å²) in [6.07, 6.45) is 6.87. The second-order valence-corrected chi connectivity index (χ2v) is 10.3. The number of phenolic OH excluding ortho intramolecular Hbond substituents is 1. The SMILES string of the molecule is COc1cc(N(C(=O)CN)C(=O)N(CCC2CCCCC2)c2ccccc2)c(O)c(C(C)(C)C)c1. The average molecular weight is 482 g/mol. The monoisotopic (exact) mass is 481 g/mol. The van der Waals surface area contributed by atoms with Crippen LogP contribution in [0.2, 0.25) is 0 Å². The summed E-state index contributed by atoms with van der Waals surface area (Å²) in [6.45, 7) is 5.94. The van der Waals surface area contributed by atoms with Gasteiger partial charge in [0.2, 0.25) is 5.91 Å². The number of aromatic hydroxyl groups is 1. The van der Waals surface area contributed by atoms with Gasteiger partial charge in [-0.1, -0.05) is 71.1 Å². The predicted octanol–water partition coefficient (Wildman–Crippen LogP) is 5.59. The van der Waals surface area contributed by atoms with E-state index >= 15 is 0 Å². The molecule has 0 spiro atoms. The van der Waals surface area contributed by atoms with Gasteiger partial charge in [-0.25, -0.2) is 9.69 Å². The largest absolute Gasteiger partial charge is 0.505 e. The molecule has 7 heteroatoms. The Bertz CT molecular complexity index is 1010. The molecule has 0 bridgehead atoms. The zero-order chi connectivity index (χ0) is 25.6. The number of para-hydroxylation sites is 1. The van der Waals surface area contributed by atoms with Crippen molar-refractivity contribution in [3.8, 4) is 11.5 Å². The number of benzene rings is 2. The van der Waals surface area contributed by atoms with Crippen molar-refractivity contribution in [2.75, 3.05) is 30.0 Å². The summed E-state index contributed by atoms with van der Waals surface area (Å²) in [5, 5.41) is 11.2. The van der Waals surface area contributed by atoms with Gasteiger partial charge in [-0.3, -0.25) is 9.69 Å². The van der Waals surface area contributed by atoms with E-state index in [1.54, 1.807) is 11.0 Å². The molecule has 0 unspecified atom stereocenters. The number of ether oxygens (including phenoxy) is 1. The fourth-order valence-corrected chi connectivity index (χ4v) is 4.74. The van der Waals surface area contributed by atoms with Crippen LogP contribution in [-0.2, 0) is 10.2 Å². The van der Waals surface area contributed by atoms with Crippen molar-refractivity contribution in [2.24, 2.45) is 11.7 Å². The van der Waals surface area contributed by atoms with Crippen molar-refractivity contribution in [3.63, 3.8) is 0 Å². The predicted molar refractivity (Wildman–Crippen MR) is 140 cm³/mol. The van der Waals surface area contributed by atoms with Crippen molar-refractivity contribution >= 4 is 23.3 Å². The van der Waals surface area contributed by atoms with Crippen LogP contribution < -0.4 is 20.3 Å². The molecule has 0 aromatic heterocycles. The lowest BCUT2D eigenvalue weighted by Gasteiger charge is -2.32. The van der Waals surface area contributed by atoms with Crippen LogP contribution in [-0.4, -0.2) is 37.2 Å². The number of carbonyl (C=O) groups excluding carboxylic acids is 2. The molecule has 0 heterocycles. The molecule has 2 aromatic carbocycles. The van der Waals surface area contributed by atoms with E-state index in [9.17, 15) is 14.7 Å². The topological polar surface area (TPSA) is 96.1 Å². The summed E-state index contributed by atoms with van der Waals surface area (Å²) in [4.78, 5) is 29.8. The minimum absolute atomic E-state index is 0.0772. The van der Waals surface area contributed by atoms with Crippen LogP contribution in [0.1, 0.15) is 64.9 Å². The van der Waals surface area contributed by atoms with Crippen LogP contribution in [0.3, 0.4) is 0 Å². The lowest BCUT2D eigenvalue weighted by Crippen LogP contribution is -2.49. The van der Waals surface area contributed by atoms with Gasteiger partial charge in [0.15, 0.2) is 0 Å². The second-order valence-electron chi connectivity index (χ2n) is 10.3. The number of phenols is 1. The first-order chi connectivity index (χ1) is 16.7. The number of urea groups is 1.